The van der Waals surface area contributed by atoms with E-state index in [-0.39, 0.29) is 32.7 Å². The van der Waals surface area contributed by atoms with Gasteiger partial charge in [0.1, 0.15) is 0 Å². The highest BCUT2D eigenvalue weighted by Crippen LogP contribution is 2.31. The van der Waals surface area contributed by atoms with Crippen molar-refractivity contribution >= 4 is 17.9 Å². The van der Waals surface area contributed by atoms with Crippen molar-refractivity contribution in [2.45, 2.75) is 33.6 Å². The van der Waals surface area contributed by atoms with E-state index in [1.54, 1.807) is 20.8 Å². The van der Waals surface area contributed by atoms with Gasteiger partial charge in [0.2, 0.25) is 0 Å². The van der Waals surface area contributed by atoms with Gasteiger partial charge < -0.3 is 14.2 Å². The highest BCUT2D eigenvalue weighted by atomic mass is 16.6. The number of rotatable bonds is 8. The molecule has 0 unspecified atom stereocenters. The molecule has 22 heavy (non-hydrogen) atoms. The lowest BCUT2D eigenvalue weighted by Gasteiger charge is -2.26. The second-order valence-electron chi connectivity index (χ2n) is 4.21. The summed E-state index contributed by atoms with van der Waals surface area (Å²) >= 11 is 0. The summed E-state index contributed by atoms with van der Waals surface area (Å²) < 4.78 is 14.6. The molecule has 0 saturated heterocycles. The van der Waals surface area contributed by atoms with Crippen LogP contribution in [0.3, 0.4) is 0 Å². The van der Waals surface area contributed by atoms with Crippen molar-refractivity contribution in [2.24, 2.45) is 5.41 Å². The van der Waals surface area contributed by atoms with Crippen LogP contribution in [0.1, 0.15) is 33.6 Å². The second-order valence-corrected chi connectivity index (χ2v) is 4.21. The van der Waals surface area contributed by atoms with Crippen molar-refractivity contribution in [2.75, 3.05) is 19.8 Å². The molecule has 0 amide bonds. The van der Waals surface area contributed by atoms with Gasteiger partial charge in [0.15, 0.2) is 5.41 Å². The Kier molecular flexibility index (Phi) is 9.35. The Morgan fingerprint density at radius 2 is 1.50 bits per heavy atom. The third-order valence-corrected chi connectivity index (χ3v) is 2.68. The largest absolute Gasteiger partial charge is 0.465 e. The van der Waals surface area contributed by atoms with E-state index in [0.717, 1.165) is 0 Å². The minimum absolute atomic E-state index is 0.00215. The molecule has 0 N–H and O–H groups in total. The summed E-state index contributed by atoms with van der Waals surface area (Å²) in [5, 5.41) is 0. The van der Waals surface area contributed by atoms with Crippen LogP contribution >= 0.6 is 0 Å². The molecule has 0 bridgehead atoms. The van der Waals surface area contributed by atoms with Crippen LogP contribution in [0.25, 0.3) is 0 Å². The molecule has 0 aromatic carbocycles. The van der Waals surface area contributed by atoms with Crippen molar-refractivity contribution < 1.29 is 28.6 Å². The van der Waals surface area contributed by atoms with Crippen molar-refractivity contribution in [1.29, 1.82) is 0 Å². The number of carbonyl (C=O) groups excluding carboxylic acids is 3. The fourth-order valence-electron chi connectivity index (χ4n) is 1.69. The van der Waals surface area contributed by atoms with E-state index in [4.69, 9.17) is 9.47 Å². The van der Waals surface area contributed by atoms with Crippen LogP contribution in [-0.2, 0) is 28.6 Å². The zero-order chi connectivity index (χ0) is 17.0. The highest BCUT2D eigenvalue weighted by molar-refractivity contribution is 6.01. The summed E-state index contributed by atoms with van der Waals surface area (Å²) in [6.45, 7) is 8.88. The van der Waals surface area contributed by atoms with Crippen LogP contribution in [-0.4, -0.2) is 37.7 Å². The fourth-order valence-corrected chi connectivity index (χ4v) is 1.69. The number of ether oxygens (including phenoxy) is 3. The molecule has 0 rings (SSSR count). The first-order valence-corrected chi connectivity index (χ1v) is 7.09. The molecule has 0 radical (unpaired) electrons. The molecule has 122 valence electrons. The highest BCUT2D eigenvalue weighted by Gasteiger charge is 2.47. The van der Waals surface area contributed by atoms with Gasteiger partial charge in [-0.2, -0.15) is 0 Å². The first kappa shape index (κ1) is 19.7. The van der Waals surface area contributed by atoms with E-state index in [1.165, 1.54) is 6.08 Å². The van der Waals surface area contributed by atoms with E-state index >= 15 is 0 Å². The maximum absolute atomic E-state index is 12.2. The van der Waals surface area contributed by atoms with Crippen LogP contribution in [0.2, 0.25) is 0 Å². The summed E-state index contributed by atoms with van der Waals surface area (Å²) in [5.74, 6) is 2.52. The number of carbonyl (C=O) groups is 3. The van der Waals surface area contributed by atoms with Crippen LogP contribution < -0.4 is 0 Å². The Balaban J connectivity index is 5.43. The van der Waals surface area contributed by atoms with E-state index in [9.17, 15) is 14.4 Å². The van der Waals surface area contributed by atoms with Crippen molar-refractivity contribution in [3.63, 3.8) is 0 Å². The average Bonchev–Trinajstić information content (AvgIpc) is 2.47. The monoisotopic (exact) mass is 310 g/mol. The van der Waals surface area contributed by atoms with Crippen LogP contribution in [0.15, 0.2) is 12.7 Å². The molecule has 0 saturated carbocycles. The molecule has 0 heterocycles. The standard InChI is InChI=1S/C16H22O6/c1-5-11-16(14(18)21-7-3,15(19)22-8-4)12-9-10-13(17)20-6-2/h5H,1,6-8,11-12H2,2-4H3. The molecule has 0 aromatic rings. The maximum Gasteiger partial charge on any atom is 0.384 e. The van der Waals surface area contributed by atoms with Crippen molar-refractivity contribution in [3.8, 4) is 11.8 Å². The average molecular weight is 310 g/mol. The number of hydrogen-bond acceptors (Lipinski definition) is 6. The molecular formula is C16H22O6. The van der Waals surface area contributed by atoms with E-state index in [1.807, 2.05) is 0 Å². The van der Waals surface area contributed by atoms with Gasteiger partial charge in [-0.15, -0.1) is 6.58 Å². The smallest absolute Gasteiger partial charge is 0.384 e. The normalized spacial score (nSPS) is 9.95. The summed E-state index contributed by atoms with van der Waals surface area (Å²) in [6.07, 6.45) is 1.21. The molecule has 6 nitrogen and oxygen atoms in total. The number of esters is 3. The van der Waals surface area contributed by atoms with Crippen LogP contribution in [0.4, 0.5) is 0 Å². The molecule has 0 aliphatic heterocycles. The van der Waals surface area contributed by atoms with Gasteiger partial charge in [0.25, 0.3) is 0 Å². The van der Waals surface area contributed by atoms with Gasteiger partial charge in [-0.05, 0) is 27.2 Å². The maximum atomic E-state index is 12.2. The predicted octanol–water partition coefficient (Wildman–Crippen LogP) is 1.63. The molecule has 0 aliphatic carbocycles. The molecular weight excluding hydrogens is 288 g/mol. The fraction of sp³-hybridized carbons (Fsp3) is 0.562. The minimum atomic E-state index is -1.62. The molecule has 0 aliphatic rings. The van der Waals surface area contributed by atoms with Crippen LogP contribution in [0.5, 0.6) is 0 Å². The Hall–Kier alpha value is -2.29. The quantitative estimate of drug-likeness (QED) is 0.169. The minimum Gasteiger partial charge on any atom is -0.465 e. The number of hydrogen-bond donors (Lipinski definition) is 0. The Morgan fingerprint density at radius 3 is 1.91 bits per heavy atom. The third-order valence-electron chi connectivity index (χ3n) is 2.68. The summed E-state index contributed by atoms with van der Waals surface area (Å²) in [7, 11) is 0. The first-order chi connectivity index (χ1) is 10.5. The Labute approximate surface area is 130 Å². The van der Waals surface area contributed by atoms with E-state index < -0.39 is 23.3 Å². The second kappa shape index (κ2) is 10.4. The van der Waals surface area contributed by atoms with Gasteiger partial charge in [0.05, 0.1) is 19.8 Å². The molecule has 6 heteroatoms. The topological polar surface area (TPSA) is 78.9 Å². The molecule has 0 spiro atoms. The molecule has 0 fully saturated rings. The Bertz CT molecular complexity index is 451. The van der Waals surface area contributed by atoms with E-state index in [2.05, 4.69) is 23.2 Å². The van der Waals surface area contributed by atoms with Gasteiger partial charge >= 0.3 is 17.9 Å². The Morgan fingerprint density at radius 1 is 1.00 bits per heavy atom. The van der Waals surface area contributed by atoms with E-state index in [0.29, 0.717) is 0 Å². The zero-order valence-corrected chi connectivity index (χ0v) is 13.3. The molecule has 0 aromatic heterocycles. The first-order valence-electron chi connectivity index (χ1n) is 7.09. The lowest BCUT2D eigenvalue weighted by Crippen LogP contribution is -2.41. The summed E-state index contributed by atoms with van der Waals surface area (Å²) in [6, 6.07) is 0. The van der Waals surface area contributed by atoms with Gasteiger partial charge in [-0.1, -0.05) is 12.0 Å². The summed E-state index contributed by atoms with van der Waals surface area (Å²) in [5.41, 5.74) is -1.62. The van der Waals surface area contributed by atoms with Crippen LogP contribution in [0, 0.1) is 17.3 Å². The third kappa shape index (κ3) is 5.60. The summed E-state index contributed by atoms with van der Waals surface area (Å²) in [4.78, 5) is 35.7. The van der Waals surface area contributed by atoms with Gasteiger partial charge in [0, 0.05) is 12.3 Å². The zero-order valence-electron chi connectivity index (χ0n) is 13.3. The van der Waals surface area contributed by atoms with Crippen molar-refractivity contribution in [3.05, 3.63) is 12.7 Å². The molecule has 0 atom stereocenters. The lowest BCUT2D eigenvalue weighted by molar-refractivity contribution is -0.171. The van der Waals surface area contributed by atoms with Gasteiger partial charge in [-0.3, -0.25) is 9.59 Å². The predicted molar refractivity (Wildman–Crippen MR) is 79.5 cm³/mol. The SMILES string of the molecule is C=CCC(CC#CC(=O)OCC)(C(=O)OCC)C(=O)OCC. The van der Waals surface area contributed by atoms with Crippen molar-refractivity contribution in [1.82, 2.24) is 0 Å². The van der Waals surface area contributed by atoms with Gasteiger partial charge in [-0.25, -0.2) is 4.79 Å². The number of allylic oxidation sites excluding steroid dienone is 1. The lowest BCUT2D eigenvalue weighted by atomic mass is 9.81.